The van der Waals surface area contributed by atoms with Gasteiger partial charge in [-0.3, -0.25) is 14.5 Å². The van der Waals surface area contributed by atoms with E-state index in [1.807, 2.05) is 12.2 Å². The van der Waals surface area contributed by atoms with Gasteiger partial charge in [-0.2, -0.15) is 0 Å². The van der Waals surface area contributed by atoms with E-state index in [4.69, 9.17) is 18.9 Å². The number of carbonyl (C=O) groups is 6. The van der Waals surface area contributed by atoms with Gasteiger partial charge < -0.3 is 29.2 Å². The lowest BCUT2D eigenvalue weighted by molar-refractivity contribution is -0.159. The smallest absolute Gasteiger partial charge is 0.418 e. The zero-order chi connectivity index (χ0) is 39.6. The first-order valence-electron chi connectivity index (χ1n) is 18.8. The van der Waals surface area contributed by atoms with E-state index in [9.17, 15) is 33.2 Å². The molecule has 1 saturated heterocycles. The normalized spacial score (nSPS) is 26.7. The number of amides is 5. The zero-order valence-electron chi connectivity index (χ0n) is 32.3. The number of carbonyl (C=O) groups excluding carboxylic acids is 6. The van der Waals surface area contributed by atoms with Crippen molar-refractivity contribution in [2.45, 2.75) is 141 Å². The van der Waals surface area contributed by atoms with Gasteiger partial charge in [-0.05, 0) is 85.8 Å². The minimum Gasteiger partial charge on any atom is -0.464 e. The molecule has 14 nitrogen and oxygen atoms in total. The molecule has 1 N–H and O–H groups in total. The van der Waals surface area contributed by atoms with Gasteiger partial charge in [-0.25, -0.2) is 28.5 Å². The zero-order valence-corrected chi connectivity index (χ0v) is 32.3. The number of benzene rings is 1. The molecule has 5 rings (SSSR count). The van der Waals surface area contributed by atoms with Crippen molar-refractivity contribution >= 4 is 36.1 Å². The molecule has 3 heterocycles. The Labute approximate surface area is 315 Å². The predicted molar refractivity (Wildman–Crippen MR) is 192 cm³/mol. The van der Waals surface area contributed by atoms with E-state index in [-0.39, 0.29) is 45.5 Å². The second-order valence-electron chi connectivity index (χ2n) is 16.4. The lowest BCUT2D eigenvalue weighted by atomic mass is 10.0. The highest BCUT2D eigenvalue weighted by atomic mass is 19.1. The number of alkyl carbamates (subject to hydrolysis) is 1. The summed E-state index contributed by atoms with van der Waals surface area (Å²) in [4.78, 5) is 87.3. The highest BCUT2D eigenvalue weighted by Crippen LogP contribution is 2.52. The summed E-state index contributed by atoms with van der Waals surface area (Å²) in [6.07, 6.45) is 2.70. The largest absolute Gasteiger partial charge is 0.464 e. The summed E-state index contributed by atoms with van der Waals surface area (Å²) in [5.74, 6) is -3.37. The standard InChI is InChI=1S/C39H53FN4O10/c1-8-51-33(47)39-20-25(39)16-12-10-9-11-13-18-29(41-34(48)53-37(2,3)4)31(45)43-22-26(19-30(43)32(46)44(39)36(50)54-38(5,6)7)52-35(49)42-21-24-15-14-17-28(40)27(24)23-42/h12,14-17,25-26,29-30H,8-11,13,18-23H2,1-7H3,(H,41,48)/b16-12-/t25-,26-,29+,30+,39-/m1/s1. The molecule has 0 unspecified atom stereocenters. The van der Waals surface area contributed by atoms with Crippen LogP contribution in [0.1, 0.15) is 105 Å². The molecule has 2 fully saturated rings. The molecule has 1 aromatic carbocycles. The van der Waals surface area contributed by atoms with E-state index in [2.05, 4.69) is 5.32 Å². The molecule has 0 bridgehead atoms. The van der Waals surface area contributed by atoms with Crippen LogP contribution in [0.5, 0.6) is 0 Å². The van der Waals surface area contributed by atoms with Gasteiger partial charge in [0.15, 0.2) is 5.54 Å². The van der Waals surface area contributed by atoms with E-state index in [1.165, 1.54) is 15.9 Å². The molecule has 54 heavy (non-hydrogen) atoms. The summed E-state index contributed by atoms with van der Waals surface area (Å²) in [5, 5.41) is 2.68. The number of ether oxygens (including phenoxy) is 4. The minimum atomic E-state index is -1.74. The first-order valence-corrected chi connectivity index (χ1v) is 18.8. The van der Waals surface area contributed by atoms with Crippen molar-refractivity contribution in [3.63, 3.8) is 0 Å². The van der Waals surface area contributed by atoms with Crippen LogP contribution in [0.2, 0.25) is 0 Å². The maximum Gasteiger partial charge on any atom is 0.418 e. The number of rotatable bonds is 4. The average Bonchev–Trinajstić information content (AvgIpc) is 3.37. The summed E-state index contributed by atoms with van der Waals surface area (Å²) in [7, 11) is 0. The van der Waals surface area contributed by atoms with Gasteiger partial charge in [0.2, 0.25) is 5.91 Å². The summed E-state index contributed by atoms with van der Waals surface area (Å²) < 4.78 is 37.0. The maximum absolute atomic E-state index is 15.0. The van der Waals surface area contributed by atoms with Gasteiger partial charge in [-0.15, -0.1) is 0 Å². The molecule has 4 aliphatic rings. The Balaban J connectivity index is 1.52. The van der Waals surface area contributed by atoms with E-state index in [0.29, 0.717) is 30.4 Å². The third kappa shape index (κ3) is 9.15. The Hall–Kier alpha value is -4.69. The molecule has 0 spiro atoms. The van der Waals surface area contributed by atoms with Crippen molar-refractivity contribution in [2.75, 3.05) is 13.2 Å². The molecule has 1 saturated carbocycles. The van der Waals surface area contributed by atoms with E-state index in [0.717, 1.165) is 11.3 Å². The third-order valence-corrected chi connectivity index (χ3v) is 9.81. The van der Waals surface area contributed by atoms with E-state index in [1.54, 1.807) is 60.6 Å². The van der Waals surface area contributed by atoms with Gasteiger partial charge >= 0.3 is 24.2 Å². The quantitative estimate of drug-likeness (QED) is 0.228. The number of fused-ring (bicyclic) bond motifs is 3. The number of imide groups is 1. The van der Waals surface area contributed by atoms with Crippen molar-refractivity contribution in [3.05, 3.63) is 47.3 Å². The molecule has 1 aliphatic carbocycles. The molecule has 5 atom stereocenters. The van der Waals surface area contributed by atoms with Gasteiger partial charge in [-0.1, -0.05) is 37.1 Å². The second kappa shape index (κ2) is 16.0. The SMILES string of the molecule is CCOC(=O)[C@@]12C[C@H]1/C=C\CCCCC[C@H](NC(=O)OC(C)(C)C)C(=O)N1C[C@H](OC(=O)N3Cc4cccc(F)c4C3)C[C@H]1C(=O)N2C(=O)OC(C)(C)C. The fourth-order valence-corrected chi connectivity index (χ4v) is 7.29. The monoisotopic (exact) mass is 756 g/mol. The molecule has 15 heteroatoms. The van der Waals surface area contributed by atoms with Gasteiger partial charge in [0.25, 0.3) is 5.91 Å². The lowest BCUT2D eigenvalue weighted by Crippen LogP contribution is -2.60. The van der Waals surface area contributed by atoms with Crippen LogP contribution in [0, 0.1) is 11.7 Å². The number of nitrogens with zero attached hydrogens (tertiary/aromatic N) is 3. The minimum absolute atomic E-state index is 0.0122. The van der Waals surface area contributed by atoms with Crippen LogP contribution in [-0.2, 0) is 46.4 Å². The van der Waals surface area contributed by atoms with Gasteiger partial charge in [0.05, 0.1) is 19.7 Å². The number of nitrogens with one attached hydrogen (secondary N) is 1. The van der Waals surface area contributed by atoms with Crippen LogP contribution >= 0.6 is 0 Å². The third-order valence-electron chi connectivity index (χ3n) is 9.81. The molecule has 0 radical (unpaired) electrons. The maximum atomic E-state index is 15.0. The molecule has 5 amide bonds. The first-order chi connectivity index (χ1) is 25.3. The number of hydrogen-bond donors (Lipinski definition) is 1. The molecule has 296 valence electrons. The summed E-state index contributed by atoms with van der Waals surface area (Å²) in [5.41, 5.74) is -2.66. The Bertz CT molecular complexity index is 1670. The predicted octanol–water partition coefficient (Wildman–Crippen LogP) is 5.75. The Morgan fingerprint density at radius 3 is 2.33 bits per heavy atom. The molecule has 3 aliphatic heterocycles. The molecular weight excluding hydrogens is 703 g/mol. The van der Waals surface area contributed by atoms with Crippen LogP contribution in [0.15, 0.2) is 30.4 Å². The van der Waals surface area contributed by atoms with E-state index < -0.39 is 82.7 Å². The van der Waals surface area contributed by atoms with Crippen molar-refractivity contribution in [2.24, 2.45) is 5.92 Å². The van der Waals surface area contributed by atoms with Gasteiger partial charge in [0.1, 0.15) is 35.2 Å². The Morgan fingerprint density at radius 2 is 1.67 bits per heavy atom. The highest BCUT2D eigenvalue weighted by molar-refractivity contribution is 6.04. The van der Waals surface area contributed by atoms with Crippen LogP contribution in [0.3, 0.4) is 0 Å². The van der Waals surface area contributed by atoms with Gasteiger partial charge in [0, 0.05) is 24.4 Å². The summed E-state index contributed by atoms with van der Waals surface area (Å²) in [6, 6.07) is 2.04. The van der Waals surface area contributed by atoms with Crippen LogP contribution < -0.4 is 5.32 Å². The average molecular weight is 757 g/mol. The topological polar surface area (TPSA) is 161 Å². The number of hydrogen-bond acceptors (Lipinski definition) is 10. The van der Waals surface area contributed by atoms with Crippen molar-refractivity contribution in [1.82, 2.24) is 20.0 Å². The van der Waals surface area contributed by atoms with Crippen molar-refractivity contribution < 1.29 is 52.1 Å². The van der Waals surface area contributed by atoms with Crippen molar-refractivity contribution in [1.29, 1.82) is 0 Å². The Morgan fingerprint density at radius 1 is 0.944 bits per heavy atom. The first kappa shape index (κ1) is 40.5. The van der Waals surface area contributed by atoms with E-state index >= 15 is 0 Å². The molecule has 1 aromatic rings. The van der Waals surface area contributed by atoms with Crippen LogP contribution in [0.4, 0.5) is 18.8 Å². The summed E-state index contributed by atoms with van der Waals surface area (Å²) >= 11 is 0. The highest BCUT2D eigenvalue weighted by Gasteiger charge is 2.69. The molecule has 0 aromatic heterocycles. The Kier molecular flexibility index (Phi) is 12.0. The van der Waals surface area contributed by atoms with Crippen LogP contribution in [-0.4, -0.2) is 98.8 Å². The molecular formula is C39H53FN4O10. The lowest BCUT2D eigenvalue weighted by Gasteiger charge is -2.35. The number of esters is 1. The van der Waals surface area contributed by atoms with Crippen molar-refractivity contribution in [3.8, 4) is 0 Å². The summed E-state index contributed by atoms with van der Waals surface area (Å²) in [6.45, 7) is 11.4. The fraction of sp³-hybridized carbons (Fsp3) is 0.641. The number of halogens is 1. The number of allylic oxidation sites excluding steroid dienone is 1. The fourth-order valence-electron chi connectivity index (χ4n) is 7.29. The second-order valence-corrected chi connectivity index (χ2v) is 16.4. The van der Waals surface area contributed by atoms with Crippen LogP contribution in [0.25, 0.3) is 0 Å².